The molecule has 3 heterocycles. The molecule has 0 saturated carbocycles. The minimum absolute atomic E-state index is 0.0735. The molecular weight excluding hydrogens is 418 g/mol. The molecule has 5 rings (SSSR count). The molecule has 1 aromatic carbocycles. The number of anilines is 2. The van der Waals surface area contributed by atoms with Crippen LogP contribution < -0.4 is 15.5 Å². The predicted molar refractivity (Wildman–Crippen MR) is 126 cm³/mol. The Bertz CT molecular complexity index is 1070. The lowest BCUT2D eigenvalue weighted by molar-refractivity contribution is -0.121. The first-order chi connectivity index (χ1) is 15.9. The summed E-state index contributed by atoms with van der Waals surface area (Å²) in [5.74, 6) is 0.637. The van der Waals surface area contributed by atoms with Gasteiger partial charge in [0.2, 0.25) is 5.91 Å². The number of furan rings is 1. The lowest BCUT2D eigenvalue weighted by Gasteiger charge is -2.36. The van der Waals surface area contributed by atoms with Crippen LogP contribution in [0.25, 0.3) is 0 Å². The van der Waals surface area contributed by atoms with Crippen LogP contribution in [-0.2, 0) is 14.3 Å². The number of para-hydroxylation sites is 2. The first-order valence-corrected chi connectivity index (χ1v) is 11.7. The van der Waals surface area contributed by atoms with Gasteiger partial charge in [-0.1, -0.05) is 26.0 Å². The largest absolute Gasteiger partial charge is 0.467 e. The van der Waals surface area contributed by atoms with Crippen LogP contribution in [0.4, 0.5) is 11.4 Å². The van der Waals surface area contributed by atoms with Crippen LogP contribution in [0.2, 0.25) is 0 Å². The van der Waals surface area contributed by atoms with E-state index < -0.39 is 6.04 Å². The molecule has 0 spiro atoms. The number of fused-ring (bicyclic) bond motifs is 1. The molecule has 2 N–H and O–H groups in total. The Labute approximate surface area is 194 Å². The fourth-order valence-corrected chi connectivity index (χ4v) is 5.21. The van der Waals surface area contributed by atoms with E-state index in [0.29, 0.717) is 24.3 Å². The number of Topliss-reactive ketones (excluding diaryl/α,β-unsaturated/α-hetero) is 1. The molecule has 3 aliphatic rings. The second kappa shape index (κ2) is 8.71. The predicted octanol–water partition coefficient (Wildman–Crippen LogP) is 4.19. The van der Waals surface area contributed by atoms with Crippen molar-refractivity contribution in [1.82, 2.24) is 5.32 Å². The van der Waals surface area contributed by atoms with Crippen LogP contribution in [0.3, 0.4) is 0 Å². The van der Waals surface area contributed by atoms with Gasteiger partial charge in [-0.2, -0.15) is 0 Å². The zero-order valence-corrected chi connectivity index (χ0v) is 19.2. The van der Waals surface area contributed by atoms with Gasteiger partial charge in [0.15, 0.2) is 5.78 Å². The number of ether oxygens (including phenoxy) is 1. The fraction of sp³-hybridized carbons (Fsp3) is 0.462. The maximum atomic E-state index is 13.5. The Morgan fingerprint density at radius 3 is 2.82 bits per heavy atom. The van der Waals surface area contributed by atoms with Crippen LogP contribution in [0.15, 0.2) is 58.3 Å². The van der Waals surface area contributed by atoms with Crippen LogP contribution in [0.1, 0.15) is 51.3 Å². The molecular formula is C26H31N3O4. The Hall–Kier alpha value is -3.06. The lowest BCUT2D eigenvalue weighted by Crippen LogP contribution is -2.43. The standard InChI is InChI=1S/C26H31N3O4/c1-26(2)13-19-24(21(30)14-26)25(22-10-6-12-33-22)29(20-9-4-3-8-18(20)28-19)16-23(31)27-15-17-7-5-11-32-17/h3-4,6,8-10,12,17,25,28H,5,7,11,13-16H2,1-2H3,(H,27,31)/t17-,25+/m1/s1. The number of carbonyl (C=O) groups excluding carboxylic acids is 2. The van der Waals surface area contributed by atoms with Crippen molar-refractivity contribution >= 4 is 23.1 Å². The maximum absolute atomic E-state index is 13.5. The second-order valence-corrected chi connectivity index (χ2v) is 9.96. The van der Waals surface area contributed by atoms with Crippen molar-refractivity contribution in [3.63, 3.8) is 0 Å². The molecule has 1 fully saturated rings. The van der Waals surface area contributed by atoms with E-state index in [9.17, 15) is 9.59 Å². The van der Waals surface area contributed by atoms with Crippen LogP contribution >= 0.6 is 0 Å². The molecule has 2 aromatic rings. The summed E-state index contributed by atoms with van der Waals surface area (Å²) < 4.78 is 11.5. The van der Waals surface area contributed by atoms with Crippen LogP contribution in [-0.4, -0.2) is 37.5 Å². The number of benzene rings is 1. The molecule has 0 bridgehead atoms. The third-order valence-corrected chi connectivity index (χ3v) is 6.68. The topological polar surface area (TPSA) is 83.8 Å². The molecule has 1 aromatic heterocycles. The highest BCUT2D eigenvalue weighted by Crippen LogP contribution is 2.48. The van der Waals surface area contributed by atoms with Gasteiger partial charge >= 0.3 is 0 Å². The first kappa shape index (κ1) is 21.8. The van der Waals surface area contributed by atoms with Crippen LogP contribution in [0, 0.1) is 5.41 Å². The van der Waals surface area contributed by atoms with Crippen molar-refractivity contribution in [3.05, 3.63) is 59.7 Å². The number of amides is 1. The second-order valence-electron chi connectivity index (χ2n) is 9.96. The fourth-order valence-electron chi connectivity index (χ4n) is 5.21. The summed E-state index contributed by atoms with van der Waals surface area (Å²) in [6.45, 7) is 5.58. The monoisotopic (exact) mass is 449 g/mol. The SMILES string of the molecule is CC1(C)CC(=O)C2=C(C1)Nc1ccccc1N(CC(=O)NC[C@H]1CCCO1)[C@H]2c1ccco1. The number of hydrogen-bond acceptors (Lipinski definition) is 6. The third-order valence-electron chi connectivity index (χ3n) is 6.68. The quantitative estimate of drug-likeness (QED) is 0.712. The summed E-state index contributed by atoms with van der Waals surface area (Å²) >= 11 is 0. The van der Waals surface area contributed by atoms with Crippen molar-refractivity contribution in [2.75, 3.05) is 29.9 Å². The number of nitrogens with one attached hydrogen (secondary N) is 2. The smallest absolute Gasteiger partial charge is 0.239 e. The lowest BCUT2D eigenvalue weighted by atomic mass is 9.74. The van der Waals surface area contributed by atoms with Gasteiger partial charge in [0.1, 0.15) is 11.8 Å². The molecule has 33 heavy (non-hydrogen) atoms. The summed E-state index contributed by atoms with van der Waals surface area (Å²) in [6.07, 6.45) is 4.89. The highest BCUT2D eigenvalue weighted by Gasteiger charge is 2.42. The Kier molecular flexibility index (Phi) is 5.74. The Morgan fingerprint density at radius 1 is 1.21 bits per heavy atom. The van der Waals surface area contributed by atoms with Gasteiger partial charge in [0, 0.05) is 30.8 Å². The number of allylic oxidation sites excluding steroid dienone is 1. The average Bonchev–Trinajstić information content (AvgIpc) is 3.46. The minimum Gasteiger partial charge on any atom is -0.467 e. The van der Waals surface area contributed by atoms with Gasteiger partial charge in [0.05, 0.1) is 30.3 Å². The number of hydrogen-bond donors (Lipinski definition) is 2. The molecule has 0 radical (unpaired) electrons. The maximum Gasteiger partial charge on any atom is 0.239 e. The van der Waals surface area contributed by atoms with Crippen LogP contribution in [0.5, 0.6) is 0 Å². The molecule has 2 atom stereocenters. The number of rotatable bonds is 5. The molecule has 7 nitrogen and oxygen atoms in total. The first-order valence-electron chi connectivity index (χ1n) is 11.7. The average molecular weight is 450 g/mol. The third kappa shape index (κ3) is 4.42. The van der Waals surface area contributed by atoms with E-state index in [2.05, 4.69) is 24.5 Å². The van der Waals surface area contributed by atoms with E-state index in [4.69, 9.17) is 9.15 Å². The van der Waals surface area contributed by atoms with E-state index >= 15 is 0 Å². The molecule has 1 saturated heterocycles. The van der Waals surface area contributed by atoms with Crippen molar-refractivity contribution in [2.45, 2.75) is 51.7 Å². The Balaban J connectivity index is 1.54. The summed E-state index contributed by atoms with van der Waals surface area (Å²) in [4.78, 5) is 28.6. The van der Waals surface area contributed by atoms with Crippen molar-refractivity contribution in [3.8, 4) is 0 Å². The highest BCUT2D eigenvalue weighted by molar-refractivity contribution is 6.01. The summed E-state index contributed by atoms with van der Waals surface area (Å²) in [7, 11) is 0. The highest BCUT2D eigenvalue weighted by atomic mass is 16.5. The molecule has 1 aliphatic carbocycles. The summed E-state index contributed by atoms with van der Waals surface area (Å²) in [5, 5.41) is 6.57. The van der Waals surface area contributed by atoms with Gasteiger partial charge in [-0.25, -0.2) is 0 Å². The number of ketones is 1. The zero-order chi connectivity index (χ0) is 23.0. The van der Waals surface area contributed by atoms with E-state index in [1.807, 2.05) is 41.3 Å². The molecule has 0 unspecified atom stereocenters. The van der Waals surface area contributed by atoms with Crippen molar-refractivity contribution in [2.24, 2.45) is 5.41 Å². The van der Waals surface area contributed by atoms with Gasteiger partial charge in [-0.15, -0.1) is 0 Å². The van der Waals surface area contributed by atoms with E-state index in [-0.39, 0.29) is 29.8 Å². The minimum atomic E-state index is -0.483. The van der Waals surface area contributed by atoms with E-state index in [0.717, 1.165) is 42.9 Å². The van der Waals surface area contributed by atoms with E-state index in [1.165, 1.54) is 0 Å². The van der Waals surface area contributed by atoms with Crippen molar-refractivity contribution in [1.29, 1.82) is 0 Å². The van der Waals surface area contributed by atoms with Gasteiger partial charge in [-0.05, 0) is 48.9 Å². The summed E-state index contributed by atoms with van der Waals surface area (Å²) in [6, 6.07) is 11.1. The summed E-state index contributed by atoms with van der Waals surface area (Å²) in [5.41, 5.74) is 3.21. The van der Waals surface area contributed by atoms with Gasteiger partial charge < -0.3 is 24.7 Å². The molecule has 1 amide bonds. The van der Waals surface area contributed by atoms with Crippen molar-refractivity contribution < 1.29 is 18.7 Å². The molecule has 7 heteroatoms. The normalized spacial score (nSPS) is 24.1. The number of carbonyl (C=O) groups is 2. The Morgan fingerprint density at radius 2 is 2.06 bits per heavy atom. The van der Waals surface area contributed by atoms with E-state index in [1.54, 1.807) is 6.26 Å². The zero-order valence-electron chi connectivity index (χ0n) is 19.2. The molecule has 2 aliphatic heterocycles. The molecule has 174 valence electrons. The van der Waals surface area contributed by atoms with Gasteiger partial charge in [-0.3, -0.25) is 9.59 Å². The van der Waals surface area contributed by atoms with Gasteiger partial charge in [0.25, 0.3) is 0 Å². The number of nitrogens with zero attached hydrogens (tertiary/aromatic N) is 1.